The van der Waals surface area contributed by atoms with Crippen LogP contribution in [-0.4, -0.2) is 25.8 Å². The second-order valence-corrected chi connectivity index (χ2v) is 6.51. The molecule has 2 rings (SSSR count). The first kappa shape index (κ1) is 17.8. The van der Waals surface area contributed by atoms with Crippen molar-refractivity contribution in [2.45, 2.75) is 46.1 Å². The van der Waals surface area contributed by atoms with Crippen LogP contribution in [0.5, 0.6) is 11.8 Å². The van der Waals surface area contributed by atoms with Crippen LogP contribution in [-0.2, 0) is 11.5 Å². The van der Waals surface area contributed by atoms with Gasteiger partial charge >= 0.3 is 5.97 Å². The number of halogens is 2. The van der Waals surface area contributed by atoms with Crippen molar-refractivity contribution in [3.05, 3.63) is 35.2 Å². The summed E-state index contributed by atoms with van der Waals surface area (Å²) in [5.74, 6) is -4.58. The zero-order chi connectivity index (χ0) is 18.3. The van der Waals surface area contributed by atoms with Crippen molar-refractivity contribution < 1.29 is 23.4 Å². The molecule has 0 aromatic carbocycles. The molecule has 0 saturated carbocycles. The highest BCUT2D eigenvalue weighted by Gasteiger charge is 2.32. The number of rotatable bonds is 4. The maximum Gasteiger partial charge on any atom is 0.356 e. The molecule has 0 fully saturated rings. The molecule has 24 heavy (non-hydrogen) atoms. The molecule has 2 aromatic rings. The first-order valence-electron chi connectivity index (χ1n) is 7.27. The van der Waals surface area contributed by atoms with Gasteiger partial charge in [-0.2, -0.15) is 5.10 Å². The van der Waals surface area contributed by atoms with Crippen molar-refractivity contribution in [2.24, 2.45) is 0 Å². The summed E-state index contributed by atoms with van der Waals surface area (Å²) >= 11 is 0. The highest BCUT2D eigenvalue weighted by atomic mass is 19.3. The smallest absolute Gasteiger partial charge is 0.356 e. The van der Waals surface area contributed by atoms with Gasteiger partial charge in [0.25, 0.3) is 5.92 Å². The molecule has 0 spiro atoms. The van der Waals surface area contributed by atoms with Crippen LogP contribution < -0.4 is 4.74 Å². The van der Waals surface area contributed by atoms with Gasteiger partial charge in [0.1, 0.15) is 0 Å². The van der Waals surface area contributed by atoms with Crippen LogP contribution in [0.15, 0.2) is 18.3 Å². The third-order valence-corrected chi connectivity index (χ3v) is 3.34. The van der Waals surface area contributed by atoms with Gasteiger partial charge in [0.2, 0.25) is 11.8 Å². The second-order valence-electron chi connectivity index (χ2n) is 6.51. The predicted molar refractivity (Wildman–Crippen MR) is 82.8 cm³/mol. The third-order valence-electron chi connectivity index (χ3n) is 3.34. The van der Waals surface area contributed by atoms with Crippen molar-refractivity contribution in [2.75, 3.05) is 0 Å². The van der Waals surface area contributed by atoms with E-state index in [4.69, 9.17) is 4.74 Å². The van der Waals surface area contributed by atoms with Crippen molar-refractivity contribution in [1.29, 1.82) is 0 Å². The number of nitrogens with zero attached hydrogens (tertiary/aromatic N) is 3. The van der Waals surface area contributed by atoms with E-state index in [0.29, 0.717) is 0 Å². The SMILES string of the molecule is Cc1c(C(=O)O)nn(C(C)(C)C)c1Oc1ncccc1C(C)(F)F. The Kier molecular flexibility index (Phi) is 4.34. The minimum Gasteiger partial charge on any atom is -0.476 e. The number of alkyl halides is 2. The van der Waals surface area contributed by atoms with Crippen LogP contribution in [0.3, 0.4) is 0 Å². The quantitative estimate of drug-likeness (QED) is 0.913. The monoisotopic (exact) mass is 339 g/mol. The molecule has 0 saturated heterocycles. The Labute approximate surface area is 138 Å². The summed E-state index contributed by atoms with van der Waals surface area (Å²) in [6.45, 7) is 7.65. The van der Waals surface area contributed by atoms with Crippen LogP contribution in [0.1, 0.15) is 49.3 Å². The number of ether oxygens (including phenoxy) is 1. The average molecular weight is 339 g/mol. The molecule has 0 aliphatic carbocycles. The van der Waals surface area contributed by atoms with E-state index in [1.54, 1.807) is 20.8 Å². The molecule has 2 aromatic heterocycles. The fourth-order valence-electron chi connectivity index (χ4n) is 2.16. The van der Waals surface area contributed by atoms with Crippen LogP contribution in [0, 0.1) is 6.92 Å². The lowest BCUT2D eigenvalue weighted by Gasteiger charge is -2.23. The maximum absolute atomic E-state index is 13.7. The van der Waals surface area contributed by atoms with E-state index in [-0.39, 0.29) is 28.6 Å². The normalized spacial score (nSPS) is 12.3. The predicted octanol–water partition coefficient (Wildman–Crippen LogP) is 3.94. The molecular formula is C16H19F2N3O3. The number of carboxylic acids is 1. The van der Waals surface area contributed by atoms with Crippen molar-refractivity contribution in [1.82, 2.24) is 14.8 Å². The Morgan fingerprint density at radius 1 is 1.29 bits per heavy atom. The molecule has 2 heterocycles. The first-order valence-corrected chi connectivity index (χ1v) is 7.27. The summed E-state index contributed by atoms with van der Waals surface area (Å²) in [7, 11) is 0. The maximum atomic E-state index is 13.7. The van der Waals surface area contributed by atoms with E-state index in [1.807, 2.05) is 0 Å². The molecule has 130 valence electrons. The van der Waals surface area contributed by atoms with Gasteiger partial charge < -0.3 is 9.84 Å². The summed E-state index contributed by atoms with van der Waals surface area (Å²) in [6.07, 6.45) is 1.33. The van der Waals surface area contributed by atoms with E-state index in [0.717, 1.165) is 6.92 Å². The zero-order valence-electron chi connectivity index (χ0n) is 14.1. The molecule has 8 heteroatoms. The van der Waals surface area contributed by atoms with Gasteiger partial charge in [-0.05, 0) is 39.8 Å². The molecule has 6 nitrogen and oxygen atoms in total. The highest BCUT2D eigenvalue weighted by molar-refractivity contribution is 5.87. The number of aromatic carboxylic acids is 1. The molecule has 0 bridgehead atoms. The molecule has 0 radical (unpaired) electrons. The van der Waals surface area contributed by atoms with E-state index in [9.17, 15) is 18.7 Å². The summed E-state index contributed by atoms with van der Waals surface area (Å²) in [6, 6.07) is 2.60. The second kappa shape index (κ2) is 5.85. The number of carboxylic acid groups (broad SMARTS) is 1. The topological polar surface area (TPSA) is 77.2 Å². The van der Waals surface area contributed by atoms with E-state index < -0.39 is 17.4 Å². The fraction of sp³-hybridized carbons (Fsp3) is 0.438. The molecule has 0 aliphatic heterocycles. The first-order chi connectivity index (χ1) is 10.9. The largest absolute Gasteiger partial charge is 0.476 e. The average Bonchev–Trinajstić information content (AvgIpc) is 2.76. The number of hydrogen-bond acceptors (Lipinski definition) is 4. The Morgan fingerprint density at radius 3 is 2.42 bits per heavy atom. The van der Waals surface area contributed by atoms with E-state index >= 15 is 0 Å². The minimum absolute atomic E-state index is 0.0732. The van der Waals surface area contributed by atoms with Gasteiger partial charge in [0.05, 0.1) is 11.1 Å². The number of pyridine rings is 1. The van der Waals surface area contributed by atoms with Crippen molar-refractivity contribution in [3.8, 4) is 11.8 Å². The third kappa shape index (κ3) is 3.37. The summed E-state index contributed by atoms with van der Waals surface area (Å²) in [5, 5.41) is 13.3. The van der Waals surface area contributed by atoms with Gasteiger partial charge in [-0.25, -0.2) is 23.2 Å². The Balaban J connectivity index is 2.61. The van der Waals surface area contributed by atoms with Crippen LogP contribution in [0.25, 0.3) is 0 Å². The highest BCUT2D eigenvalue weighted by Crippen LogP contribution is 2.37. The van der Waals surface area contributed by atoms with Crippen LogP contribution >= 0.6 is 0 Å². The Hall–Kier alpha value is -2.51. The molecule has 0 unspecified atom stereocenters. The van der Waals surface area contributed by atoms with Gasteiger partial charge in [0.15, 0.2) is 5.69 Å². The summed E-state index contributed by atoms with van der Waals surface area (Å²) in [4.78, 5) is 15.2. The Bertz CT molecular complexity index is 774. The van der Waals surface area contributed by atoms with E-state index in [1.165, 1.54) is 29.9 Å². The van der Waals surface area contributed by atoms with Gasteiger partial charge in [-0.15, -0.1) is 0 Å². The summed E-state index contributed by atoms with van der Waals surface area (Å²) in [5.41, 5.74) is -0.950. The minimum atomic E-state index is -3.15. The standard InChI is InChI=1S/C16H19F2N3O3/c1-9-11(14(22)23)20-21(15(2,3)4)13(9)24-12-10(16(5,17)18)7-6-8-19-12/h6-8H,1-5H3,(H,22,23). The molecular weight excluding hydrogens is 320 g/mol. The number of hydrogen-bond donors (Lipinski definition) is 1. The van der Waals surface area contributed by atoms with Crippen molar-refractivity contribution in [3.63, 3.8) is 0 Å². The lowest BCUT2D eigenvalue weighted by Crippen LogP contribution is -2.24. The van der Waals surface area contributed by atoms with Gasteiger partial charge in [0, 0.05) is 18.7 Å². The van der Waals surface area contributed by atoms with Crippen LogP contribution in [0.4, 0.5) is 8.78 Å². The number of aromatic nitrogens is 3. The van der Waals surface area contributed by atoms with E-state index in [2.05, 4.69) is 10.1 Å². The Morgan fingerprint density at radius 2 is 1.92 bits per heavy atom. The fourth-order valence-corrected chi connectivity index (χ4v) is 2.16. The van der Waals surface area contributed by atoms with Gasteiger partial charge in [-0.1, -0.05) is 0 Å². The summed E-state index contributed by atoms with van der Waals surface area (Å²) < 4.78 is 34.5. The van der Waals surface area contributed by atoms with Crippen molar-refractivity contribution >= 4 is 5.97 Å². The molecule has 1 N–H and O–H groups in total. The zero-order valence-corrected chi connectivity index (χ0v) is 14.1. The van der Waals surface area contributed by atoms with Gasteiger partial charge in [-0.3, -0.25) is 0 Å². The lowest BCUT2D eigenvalue weighted by molar-refractivity contribution is 0.0147. The van der Waals surface area contributed by atoms with Crippen LogP contribution in [0.2, 0.25) is 0 Å². The number of carbonyl (C=O) groups is 1. The molecule has 0 aliphatic rings. The molecule has 0 amide bonds. The molecule has 0 atom stereocenters. The lowest BCUT2D eigenvalue weighted by atomic mass is 10.1.